The highest BCUT2D eigenvalue weighted by Gasteiger charge is 2.18. The molecule has 4 nitrogen and oxygen atoms in total. The van der Waals surface area contributed by atoms with Crippen molar-refractivity contribution in [3.63, 3.8) is 0 Å². The number of thiazole rings is 1. The first-order valence-electron chi connectivity index (χ1n) is 7.92. The fourth-order valence-corrected chi connectivity index (χ4v) is 4.97. The van der Waals surface area contributed by atoms with Crippen molar-refractivity contribution in [3.8, 4) is 0 Å². The molecule has 1 aliphatic heterocycles. The molecule has 1 amide bonds. The maximum Gasteiger partial charge on any atom is 0.236 e. The van der Waals surface area contributed by atoms with Gasteiger partial charge in [-0.05, 0) is 44.9 Å². The number of anilines is 1. The summed E-state index contributed by atoms with van der Waals surface area (Å²) in [5, 5.41) is 3.68. The Hall–Kier alpha value is -0.660. The summed E-state index contributed by atoms with van der Waals surface area (Å²) in [5.74, 6) is 0.370. The third kappa shape index (κ3) is 4.20. The van der Waals surface area contributed by atoms with Gasteiger partial charge in [0.1, 0.15) is 4.32 Å². The largest absolute Gasteiger partial charge is 0.358 e. The van der Waals surface area contributed by atoms with Crippen LogP contribution in [-0.4, -0.2) is 39.0 Å². The lowest BCUT2D eigenvalue weighted by molar-refractivity contribution is -0.113. The SMILES string of the molecule is O=C(CSC(=S)N1CCCCC1)Nc1nc2c(s1)CCCC2. The predicted octanol–water partition coefficient (Wildman–Crippen LogP) is 3.46. The second kappa shape index (κ2) is 7.75. The van der Waals surface area contributed by atoms with E-state index in [-0.39, 0.29) is 5.91 Å². The van der Waals surface area contributed by atoms with Crippen LogP contribution in [0, 0.1) is 0 Å². The van der Waals surface area contributed by atoms with Crippen molar-refractivity contribution in [2.45, 2.75) is 44.9 Å². The molecule has 22 heavy (non-hydrogen) atoms. The molecule has 2 heterocycles. The number of fused-ring (bicyclic) bond motifs is 1. The van der Waals surface area contributed by atoms with Crippen molar-refractivity contribution in [3.05, 3.63) is 10.6 Å². The first-order chi connectivity index (χ1) is 10.7. The van der Waals surface area contributed by atoms with Crippen LogP contribution in [0.3, 0.4) is 0 Å². The Labute approximate surface area is 145 Å². The van der Waals surface area contributed by atoms with E-state index in [0.717, 1.165) is 35.4 Å². The molecule has 3 rings (SSSR count). The van der Waals surface area contributed by atoms with E-state index in [0.29, 0.717) is 5.75 Å². The summed E-state index contributed by atoms with van der Waals surface area (Å²) in [6.45, 7) is 2.07. The van der Waals surface area contributed by atoms with E-state index >= 15 is 0 Å². The third-order valence-corrected chi connectivity index (χ3v) is 6.63. The van der Waals surface area contributed by atoms with E-state index in [1.165, 1.54) is 54.4 Å². The Morgan fingerprint density at radius 1 is 1.23 bits per heavy atom. The van der Waals surface area contributed by atoms with Gasteiger partial charge in [-0.3, -0.25) is 4.79 Å². The third-order valence-electron chi connectivity index (χ3n) is 4.03. The average Bonchev–Trinajstić information content (AvgIpc) is 2.95. The van der Waals surface area contributed by atoms with Crippen LogP contribution in [-0.2, 0) is 17.6 Å². The molecule has 0 saturated carbocycles. The number of amides is 1. The Balaban J connectivity index is 1.46. The highest BCUT2D eigenvalue weighted by molar-refractivity contribution is 8.23. The second-order valence-corrected chi connectivity index (χ2v) is 8.44. The van der Waals surface area contributed by atoms with Crippen LogP contribution in [0.5, 0.6) is 0 Å². The standard InChI is InChI=1S/C15H21N3OS3/c19-13(10-21-15(20)18-8-4-1-5-9-18)17-14-16-11-6-2-3-7-12(11)22-14/h1-10H2,(H,16,17,19). The maximum absolute atomic E-state index is 12.1. The summed E-state index contributed by atoms with van der Waals surface area (Å²) in [5.41, 5.74) is 1.18. The van der Waals surface area contributed by atoms with Gasteiger partial charge in [0.05, 0.1) is 11.4 Å². The van der Waals surface area contributed by atoms with Crippen molar-refractivity contribution in [2.24, 2.45) is 0 Å². The number of hydrogen-bond donors (Lipinski definition) is 1. The topological polar surface area (TPSA) is 45.2 Å². The minimum Gasteiger partial charge on any atom is -0.358 e. The molecule has 1 aliphatic carbocycles. The molecular formula is C15H21N3OS3. The maximum atomic E-state index is 12.1. The highest BCUT2D eigenvalue weighted by atomic mass is 32.2. The molecule has 1 saturated heterocycles. The Kier molecular flexibility index (Phi) is 5.71. The molecule has 0 unspecified atom stereocenters. The summed E-state index contributed by atoms with van der Waals surface area (Å²) < 4.78 is 0.855. The van der Waals surface area contributed by atoms with E-state index in [9.17, 15) is 4.79 Å². The van der Waals surface area contributed by atoms with Crippen molar-refractivity contribution >= 4 is 50.7 Å². The lowest BCUT2D eigenvalue weighted by atomic mass is 10.0. The van der Waals surface area contributed by atoms with Gasteiger partial charge in [-0.2, -0.15) is 0 Å². The fourth-order valence-electron chi connectivity index (χ4n) is 2.86. The van der Waals surface area contributed by atoms with Gasteiger partial charge in [-0.1, -0.05) is 24.0 Å². The van der Waals surface area contributed by atoms with Gasteiger partial charge in [0, 0.05) is 18.0 Å². The fraction of sp³-hybridized carbons (Fsp3) is 0.667. The Bertz CT molecular complexity index is 529. The van der Waals surface area contributed by atoms with E-state index in [4.69, 9.17) is 12.2 Å². The van der Waals surface area contributed by atoms with Gasteiger partial charge in [0.25, 0.3) is 0 Å². The monoisotopic (exact) mass is 355 g/mol. The van der Waals surface area contributed by atoms with Crippen LogP contribution in [0.15, 0.2) is 0 Å². The van der Waals surface area contributed by atoms with Gasteiger partial charge < -0.3 is 10.2 Å². The van der Waals surface area contributed by atoms with Crippen LogP contribution >= 0.6 is 35.3 Å². The number of thioether (sulfide) groups is 1. The first-order valence-corrected chi connectivity index (χ1v) is 10.1. The van der Waals surface area contributed by atoms with Gasteiger partial charge in [0.2, 0.25) is 5.91 Å². The number of rotatable bonds is 3. The number of thiocarbonyl (C=S) groups is 1. The van der Waals surface area contributed by atoms with Gasteiger partial charge in [0.15, 0.2) is 5.13 Å². The van der Waals surface area contributed by atoms with Crippen LogP contribution in [0.25, 0.3) is 0 Å². The molecule has 0 atom stereocenters. The lowest BCUT2D eigenvalue weighted by Crippen LogP contribution is -2.33. The van der Waals surface area contributed by atoms with Crippen molar-refractivity contribution in [1.29, 1.82) is 0 Å². The molecule has 0 aromatic carbocycles. The van der Waals surface area contributed by atoms with Crippen molar-refractivity contribution in [2.75, 3.05) is 24.2 Å². The van der Waals surface area contributed by atoms with E-state index in [2.05, 4.69) is 15.2 Å². The summed E-state index contributed by atoms with van der Waals surface area (Å²) in [4.78, 5) is 20.2. The number of hydrogen-bond acceptors (Lipinski definition) is 5. The molecule has 0 radical (unpaired) electrons. The molecule has 0 bridgehead atoms. The van der Waals surface area contributed by atoms with Crippen LogP contribution in [0.1, 0.15) is 42.7 Å². The Morgan fingerprint density at radius 3 is 2.77 bits per heavy atom. The molecular weight excluding hydrogens is 334 g/mol. The molecule has 7 heteroatoms. The normalized spacial score (nSPS) is 17.9. The quantitative estimate of drug-likeness (QED) is 0.841. The molecule has 1 aromatic heterocycles. The van der Waals surface area contributed by atoms with Crippen LogP contribution in [0.2, 0.25) is 0 Å². The molecule has 1 N–H and O–H groups in total. The van der Waals surface area contributed by atoms with Crippen LogP contribution < -0.4 is 5.32 Å². The number of carbonyl (C=O) groups excluding carboxylic acids is 1. The zero-order valence-electron chi connectivity index (χ0n) is 12.6. The van der Waals surface area contributed by atoms with Crippen molar-refractivity contribution in [1.82, 2.24) is 9.88 Å². The predicted molar refractivity (Wildman–Crippen MR) is 97.9 cm³/mol. The molecule has 1 aromatic rings. The van der Waals surface area contributed by atoms with Crippen LogP contribution in [0.4, 0.5) is 5.13 Å². The minimum absolute atomic E-state index is 0.00421. The summed E-state index contributed by atoms with van der Waals surface area (Å²) in [7, 11) is 0. The van der Waals surface area contributed by atoms with Gasteiger partial charge in [-0.15, -0.1) is 11.3 Å². The smallest absolute Gasteiger partial charge is 0.236 e. The van der Waals surface area contributed by atoms with E-state index in [1.54, 1.807) is 11.3 Å². The number of likely N-dealkylation sites (tertiary alicyclic amines) is 1. The number of nitrogens with zero attached hydrogens (tertiary/aromatic N) is 2. The zero-order valence-corrected chi connectivity index (χ0v) is 15.0. The number of nitrogens with one attached hydrogen (secondary N) is 1. The van der Waals surface area contributed by atoms with E-state index in [1.807, 2.05) is 0 Å². The summed E-state index contributed by atoms with van der Waals surface area (Å²) >= 11 is 8.52. The highest BCUT2D eigenvalue weighted by Crippen LogP contribution is 2.29. The summed E-state index contributed by atoms with van der Waals surface area (Å²) in [6, 6.07) is 0. The number of carbonyl (C=O) groups is 1. The average molecular weight is 356 g/mol. The molecule has 0 spiro atoms. The lowest BCUT2D eigenvalue weighted by Gasteiger charge is -2.28. The van der Waals surface area contributed by atoms with E-state index < -0.39 is 0 Å². The minimum atomic E-state index is -0.00421. The van der Waals surface area contributed by atoms with Crippen molar-refractivity contribution < 1.29 is 4.79 Å². The summed E-state index contributed by atoms with van der Waals surface area (Å²) in [6.07, 6.45) is 8.31. The van der Waals surface area contributed by atoms with Gasteiger partial charge in [-0.25, -0.2) is 4.98 Å². The van der Waals surface area contributed by atoms with Gasteiger partial charge >= 0.3 is 0 Å². The molecule has 1 fully saturated rings. The second-order valence-electron chi connectivity index (χ2n) is 5.75. The number of aromatic nitrogens is 1. The first kappa shape index (κ1) is 16.2. The molecule has 2 aliphatic rings. The Morgan fingerprint density at radius 2 is 2.00 bits per heavy atom. The molecule has 120 valence electrons. The zero-order chi connectivity index (χ0) is 15.4. The number of piperidine rings is 1. The number of aryl methyl sites for hydroxylation is 2.